The van der Waals surface area contributed by atoms with Gasteiger partial charge in [0.25, 0.3) is 5.91 Å². The number of ether oxygens (including phenoxy) is 2. The van der Waals surface area contributed by atoms with Gasteiger partial charge in [0.2, 0.25) is 0 Å². The molecule has 1 aromatic carbocycles. The lowest BCUT2D eigenvalue weighted by molar-refractivity contribution is 0.0698. The Labute approximate surface area is 175 Å². The maximum absolute atomic E-state index is 12.7. The average Bonchev–Trinajstić information content (AvgIpc) is 3.17. The molecule has 0 aliphatic carbocycles. The number of carbonyl (C=O) groups excluding carboxylic acids is 1. The van der Waals surface area contributed by atoms with Crippen molar-refractivity contribution >= 4 is 42.1 Å². The van der Waals surface area contributed by atoms with Crippen LogP contribution >= 0.6 is 36.2 Å². The predicted molar refractivity (Wildman–Crippen MR) is 111 cm³/mol. The summed E-state index contributed by atoms with van der Waals surface area (Å²) in [6, 6.07) is 6.07. The minimum atomic E-state index is -0.00746. The molecule has 1 aromatic heterocycles. The van der Waals surface area contributed by atoms with Gasteiger partial charge in [-0.1, -0.05) is 0 Å². The summed E-state index contributed by atoms with van der Waals surface area (Å²) in [5.74, 6) is 1.49. The van der Waals surface area contributed by atoms with Gasteiger partial charge in [-0.15, -0.1) is 36.2 Å². The Bertz CT molecular complexity index is 781. The van der Waals surface area contributed by atoms with Crippen molar-refractivity contribution in [3.63, 3.8) is 0 Å². The van der Waals surface area contributed by atoms with Gasteiger partial charge in [0, 0.05) is 24.0 Å². The third-order valence-corrected chi connectivity index (χ3v) is 5.58. The number of rotatable bonds is 3. The van der Waals surface area contributed by atoms with Gasteiger partial charge in [-0.3, -0.25) is 4.79 Å². The molecule has 148 valence electrons. The number of hydrogen-bond donors (Lipinski definition) is 1. The lowest BCUT2D eigenvalue weighted by atomic mass is 10.1. The summed E-state index contributed by atoms with van der Waals surface area (Å²) in [4.78, 5) is 19.1. The van der Waals surface area contributed by atoms with Gasteiger partial charge in [0.1, 0.15) is 23.9 Å². The molecule has 2 aromatic rings. The number of piperidine rings is 1. The molecule has 0 atom stereocenters. The first kappa shape index (κ1) is 21.8. The molecule has 3 heterocycles. The van der Waals surface area contributed by atoms with Crippen LogP contribution in [-0.4, -0.2) is 55.2 Å². The molecule has 1 N–H and O–H groups in total. The van der Waals surface area contributed by atoms with Gasteiger partial charge in [0.05, 0.1) is 0 Å². The number of hydrogen-bond acceptors (Lipinski definition) is 6. The topological polar surface area (TPSA) is 63.7 Å². The van der Waals surface area contributed by atoms with E-state index in [9.17, 15) is 4.79 Å². The number of halogens is 2. The maximum Gasteiger partial charge on any atom is 0.273 e. The fraction of sp³-hybridized carbons (Fsp3) is 0.444. The molecule has 27 heavy (non-hydrogen) atoms. The molecular formula is C18H23Cl2N3O3S. The number of amides is 1. The first-order valence-corrected chi connectivity index (χ1v) is 9.44. The van der Waals surface area contributed by atoms with Gasteiger partial charge in [0.15, 0.2) is 11.5 Å². The molecule has 0 bridgehead atoms. The molecule has 4 rings (SSSR count). The number of aromatic nitrogens is 1. The number of benzene rings is 1. The van der Waals surface area contributed by atoms with E-state index in [2.05, 4.69) is 10.3 Å². The van der Waals surface area contributed by atoms with Crippen molar-refractivity contribution in [2.24, 2.45) is 0 Å². The molecular weight excluding hydrogens is 409 g/mol. The second-order valence-corrected chi connectivity index (χ2v) is 7.15. The van der Waals surface area contributed by atoms with Crippen LogP contribution in [0, 0.1) is 0 Å². The van der Waals surface area contributed by atoms with E-state index in [4.69, 9.17) is 9.47 Å². The van der Waals surface area contributed by atoms with E-state index in [0.29, 0.717) is 18.9 Å². The third kappa shape index (κ3) is 4.66. The molecule has 2 aliphatic heterocycles. The van der Waals surface area contributed by atoms with Crippen LogP contribution in [0.5, 0.6) is 11.5 Å². The van der Waals surface area contributed by atoms with Crippen LogP contribution in [0.15, 0.2) is 23.6 Å². The van der Waals surface area contributed by atoms with Gasteiger partial charge >= 0.3 is 0 Å². The zero-order valence-corrected chi connectivity index (χ0v) is 17.4. The van der Waals surface area contributed by atoms with E-state index in [1.165, 1.54) is 11.3 Å². The number of nitrogens with one attached hydrogen (secondary N) is 1. The molecule has 0 saturated carbocycles. The first-order valence-electron chi connectivity index (χ1n) is 8.56. The summed E-state index contributed by atoms with van der Waals surface area (Å²) < 4.78 is 11.2. The molecule has 1 fully saturated rings. The van der Waals surface area contributed by atoms with Gasteiger partial charge in [-0.25, -0.2) is 4.98 Å². The minimum Gasteiger partial charge on any atom is -0.486 e. The van der Waals surface area contributed by atoms with Crippen molar-refractivity contribution < 1.29 is 14.3 Å². The lowest BCUT2D eigenvalue weighted by Gasteiger charge is -2.31. The Morgan fingerprint density at radius 3 is 2.63 bits per heavy atom. The van der Waals surface area contributed by atoms with Crippen molar-refractivity contribution in [1.29, 1.82) is 0 Å². The van der Waals surface area contributed by atoms with Crippen LogP contribution < -0.4 is 14.8 Å². The Hall–Kier alpha value is -1.54. The third-order valence-electron chi connectivity index (χ3n) is 4.69. The fourth-order valence-electron chi connectivity index (χ4n) is 3.22. The number of thiazole rings is 1. The fourth-order valence-corrected chi connectivity index (χ4v) is 4.01. The summed E-state index contributed by atoms with van der Waals surface area (Å²) in [6.45, 7) is 3.05. The molecule has 0 radical (unpaired) electrons. The quantitative estimate of drug-likeness (QED) is 0.807. The Kier molecular flexibility index (Phi) is 7.73. The summed E-state index contributed by atoms with van der Waals surface area (Å²) in [7, 11) is 1.88. The van der Waals surface area contributed by atoms with Crippen molar-refractivity contribution in [2.45, 2.75) is 18.9 Å². The highest BCUT2D eigenvalue weighted by Gasteiger charge is 2.24. The van der Waals surface area contributed by atoms with E-state index in [-0.39, 0.29) is 36.8 Å². The smallest absolute Gasteiger partial charge is 0.273 e. The summed E-state index contributed by atoms with van der Waals surface area (Å²) in [6.07, 6.45) is 1.97. The van der Waals surface area contributed by atoms with Crippen LogP contribution in [0.25, 0.3) is 10.6 Å². The minimum absolute atomic E-state index is 0. The normalized spacial score (nSPS) is 16.0. The number of fused-ring (bicyclic) bond motifs is 1. The summed E-state index contributed by atoms with van der Waals surface area (Å²) in [5, 5.41) is 5.98. The van der Waals surface area contributed by atoms with Crippen LogP contribution in [0.2, 0.25) is 0 Å². The van der Waals surface area contributed by atoms with Crippen LogP contribution in [0.1, 0.15) is 23.3 Å². The van der Waals surface area contributed by atoms with Gasteiger partial charge in [-0.05, 0) is 44.1 Å². The van der Waals surface area contributed by atoms with Gasteiger partial charge in [-0.2, -0.15) is 0 Å². The number of nitrogens with zero attached hydrogens (tertiary/aromatic N) is 2. The first-order chi connectivity index (χ1) is 12.2. The zero-order chi connectivity index (χ0) is 17.2. The van der Waals surface area contributed by atoms with Crippen LogP contribution in [-0.2, 0) is 0 Å². The molecule has 1 saturated heterocycles. The van der Waals surface area contributed by atoms with Crippen molar-refractivity contribution in [2.75, 3.05) is 33.4 Å². The highest BCUT2D eigenvalue weighted by Crippen LogP contribution is 2.35. The molecule has 2 aliphatic rings. The molecule has 0 spiro atoms. The van der Waals surface area contributed by atoms with E-state index in [0.717, 1.165) is 48.0 Å². The van der Waals surface area contributed by atoms with Crippen LogP contribution in [0.4, 0.5) is 0 Å². The Balaban J connectivity index is 0.00000131. The predicted octanol–water partition coefficient (Wildman–Crippen LogP) is 3.25. The molecule has 1 amide bonds. The zero-order valence-electron chi connectivity index (χ0n) is 15.0. The monoisotopic (exact) mass is 431 g/mol. The van der Waals surface area contributed by atoms with E-state index < -0.39 is 0 Å². The standard InChI is InChI=1S/C18H21N3O3S.2ClH/c1-21(13-4-6-19-7-5-13)18(22)14-11-25-17(20-14)12-2-3-15-16(10-12)24-9-8-23-15;;/h2-3,10-11,13,19H,4-9H2,1H3;2*1H. The Morgan fingerprint density at radius 2 is 1.89 bits per heavy atom. The van der Waals surface area contributed by atoms with Crippen molar-refractivity contribution in [1.82, 2.24) is 15.2 Å². The van der Waals surface area contributed by atoms with E-state index >= 15 is 0 Å². The maximum atomic E-state index is 12.7. The second kappa shape index (κ2) is 9.59. The summed E-state index contributed by atoms with van der Waals surface area (Å²) >= 11 is 1.48. The SMILES string of the molecule is CN(C(=O)c1csc(-c2ccc3c(c2)OCCO3)n1)C1CCNCC1.Cl.Cl. The number of carbonyl (C=O) groups is 1. The molecule has 6 nitrogen and oxygen atoms in total. The summed E-state index contributed by atoms with van der Waals surface area (Å²) in [5.41, 5.74) is 1.45. The van der Waals surface area contributed by atoms with Gasteiger partial charge < -0.3 is 19.7 Å². The Morgan fingerprint density at radius 1 is 1.19 bits per heavy atom. The van der Waals surface area contributed by atoms with E-state index in [1.54, 1.807) is 0 Å². The highest BCUT2D eigenvalue weighted by molar-refractivity contribution is 7.13. The second-order valence-electron chi connectivity index (χ2n) is 6.29. The molecule has 0 unspecified atom stereocenters. The van der Waals surface area contributed by atoms with Crippen molar-refractivity contribution in [3.05, 3.63) is 29.3 Å². The van der Waals surface area contributed by atoms with E-state index in [1.807, 2.05) is 35.5 Å². The highest BCUT2D eigenvalue weighted by atomic mass is 35.5. The van der Waals surface area contributed by atoms with Crippen molar-refractivity contribution in [3.8, 4) is 22.1 Å². The molecule has 9 heteroatoms. The lowest BCUT2D eigenvalue weighted by Crippen LogP contribution is -2.44. The van der Waals surface area contributed by atoms with Crippen LogP contribution in [0.3, 0.4) is 0 Å². The largest absolute Gasteiger partial charge is 0.486 e. The average molecular weight is 432 g/mol.